The van der Waals surface area contributed by atoms with Crippen LogP contribution in [-0.2, 0) is 14.3 Å². The second-order valence-electron chi connectivity index (χ2n) is 8.76. The molecule has 30 heavy (non-hydrogen) atoms. The summed E-state index contributed by atoms with van der Waals surface area (Å²) in [5, 5.41) is 3.06. The van der Waals surface area contributed by atoms with E-state index in [9.17, 15) is 4.79 Å². The van der Waals surface area contributed by atoms with Crippen molar-refractivity contribution in [2.45, 2.75) is 51.5 Å². The van der Waals surface area contributed by atoms with Crippen molar-refractivity contribution in [3.8, 4) is 0 Å². The molecule has 5 nitrogen and oxygen atoms in total. The van der Waals surface area contributed by atoms with Crippen LogP contribution < -0.4 is 5.32 Å². The molecule has 2 aromatic rings. The van der Waals surface area contributed by atoms with Crippen molar-refractivity contribution in [2.24, 2.45) is 0 Å². The van der Waals surface area contributed by atoms with Gasteiger partial charge in [-0.15, -0.1) is 0 Å². The molecule has 0 spiro atoms. The normalized spacial score (nSPS) is 20.3. The Bertz CT molecular complexity index is 745. The van der Waals surface area contributed by atoms with Gasteiger partial charge in [0.2, 0.25) is 5.91 Å². The molecule has 2 aromatic carbocycles. The smallest absolute Gasteiger partial charge is 0.246 e. The number of hydrogen-bond acceptors (Lipinski definition) is 4. The molecule has 1 heterocycles. The molecule has 0 aliphatic carbocycles. The summed E-state index contributed by atoms with van der Waals surface area (Å²) in [5.74, 6) is -0.103. The van der Waals surface area contributed by atoms with Gasteiger partial charge in [-0.2, -0.15) is 0 Å². The van der Waals surface area contributed by atoms with Gasteiger partial charge in [-0.05, 0) is 38.8 Å². The number of nitrogens with zero attached hydrogens (tertiary/aromatic N) is 1. The molecule has 1 amide bonds. The van der Waals surface area contributed by atoms with Gasteiger partial charge in [0.15, 0.2) is 0 Å². The molecule has 1 saturated heterocycles. The molecule has 1 aliphatic rings. The molecular formula is C25H34N2O3. The SMILES string of the molecule is CC1CN(C(C)(C)CNC(=O)COC(c2ccccc2)c2ccccc2)CC(C)O1. The third-order valence-corrected chi connectivity index (χ3v) is 5.58. The molecule has 0 radical (unpaired) electrons. The topological polar surface area (TPSA) is 50.8 Å². The van der Waals surface area contributed by atoms with Crippen molar-refractivity contribution in [1.82, 2.24) is 10.2 Å². The molecule has 0 aromatic heterocycles. The standard InChI is InChI=1S/C25H34N2O3/c1-19-15-27(16-20(2)30-19)25(3,4)18-26-23(28)17-29-24(21-11-7-5-8-12-21)22-13-9-6-10-14-22/h5-14,19-20,24H,15-18H2,1-4H3,(H,26,28). The van der Waals surface area contributed by atoms with E-state index < -0.39 is 0 Å². The van der Waals surface area contributed by atoms with E-state index in [2.05, 4.69) is 37.9 Å². The molecule has 0 bridgehead atoms. The molecule has 2 unspecified atom stereocenters. The summed E-state index contributed by atoms with van der Waals surface area (Å²) in [6.07, 6.45) is 0.126. The number of morpholine rings is 1. The Labute approximate surface area is 180 Å². The molecule has 1 N–H and O–H groups in total. The van der Waals surface area contributed by atoms with Crippen molar-refractivity contribution < 1.29 is 14.3 Å². The molecule has 0 saturated carbocycles. The Balaban J connectivity index is 1.57. The second kappa shape index (κ2) is 10.2. The van der Waals surface area contributed by atoms with Crippen LogP contribution in [-0.4, -0.2) is 54.8 Å². The fraction of sp³-hybridized carbons (Fsp3) is 0.480. The predicted molar refractivity (Wildman–Crippen MR) is 119 cm³/mol. The predicted octanol–water partition coefficient (Wildman–Crippen LogP) is 3.80. The first kappa shape index (κ1) is 22.5. The molecule has 162 valence electrons. The Kier molecular flexibility index (Phi) is 7.64. The van der Waals surface area contributed by atoms with Crippen LogP contribution in [0.4, 0.5) is 0 Å². The Morgan fingerprint density at radius 3 is 2.03 bits per heavy atom. The first-order valence-corrected chi connectivity index (χ1v) is 10.7. The van der Waals surface area contributed by atoms with Gasteiger partial charge in [-0.1, -0.05) is 60.7 Å². The number of nitrogens with one attached hydrogen (secondary N) is 1. The first-order chi connectivity index (χ1) is 14.3. The highest BCUT2D eigenvalue weighted by Crippen LogP contribution is 2.25. The van der Waals surface area contributed by atoms with Crippen LogP contribution in [0.3, 0.4) is 0 Å². The average Bonchev–Trinajstić information content (AvgIpc) is 2.73. The minimum Gasteiger partial charge on any atom is -0.373 e. The number of hydrogen-bond donors (Lipinski definition) is 1. The van der Waals surface area contributed by atoms with Gasteiger partial charge >= 0.3 is 0 Å². The van der Waals surface area contributed by atoms with Gasteiger partial charge in [0, 0.05) is 25.2 Å². The van der Waals surface area contributed by atoms with Gasteiger partial charge < -0.3 is 14.8 Å². The van der Waals surface area contributed by atoms with E-state index in [4.69, 9.17) is 9.47 Å². The summed E-state index contributed by atoms with van der Waals surface area (Å²) in [5.41, 5.74) is 1.92. The fourth-order valence-electron chi connectivity index (χ4n) is 3.95. The van der Waals surface area contributed by atoms with E-state index in [0.717, 1.165) is 24.2 Å². The van der Waals surface area contributed by atoms with Crippen molar-refractivity contribution in [1.29, 1.82) is 0 Å². The Morgan fingerprint density at radius 2 is 1.53 bits per heavy atom. The van der Waals surface area contributed by atoms with E-state index in [1.807, 2.05) is 60.7 Å². The van der Waals surface area contributed by atoms with Gasteiger partial charge in [-0.25, -0.2) is 0 Å². The summed E-state index contributed by atoms with van der Waals surface area (Å²) >= 11 is 0. The number of carbonyl (C=O) groups is 1. The summed E-state index contributed by atoms with van der Waals surface area (Å²) in [6.45, 7) is 10.8. The van der Waals surface area contributed by atoms with E-state index >= 15 is 0 Å². The van der Waals surface area contributed by atoms with Crippen LogP contribution in [0.1, 0.15) is 44.9 Å². The summed E-state index contributed by atoms with van der Waals surface area (Å²) in [7, 11) is 0. The minimum atomic E-state index is -0.271. The Morgan fingerprint density at radius 1 is 1.03 bits per heavy atom. The lowest BCUT2D eigenvalue weighted by Gasteiger charge is -2.45. The van der Waals surface area contributed by atoms with E-state index in [1.54, 1.807) is 0 Å². The monoisotopic (exact) mass is 410 g/mol. The van der Waals surface area contributed by atoms with Crippen LogP contribution >= 0.6 is 0 Å². The third kappa shape index (κ3) is 6.14. The lowest BCUT2D eigenvalue weighted by Crippen LogP contribution is -2.58. The van der Waals surface area contributed by atoms with Gasteiger partial charge in [0.1, 0.15) is 12.7 Å². The van der Waals surface area contributed by atoms with Gasteiger partial charge in [0.25, 0.3) is 0 Å². The number of rotatable bonds is 8. The molecule has 3 rings (SSSR count). The summed E-state index contributed by atoms with van der Waals surface area (Å²) in [4.78, 5) is 15.0. The average molecular weight is 411 g/mol. The maximum absolute atomic E-state index is 12.6. The van der Waals surface area contributed by atoms with Crippen molar-refractivity contribution in [3.05, 3.63) is 71.8 Å². The molecule has 5 heteroatoms. The quantitative estimate of drug-likeness (QED) is 0.719. The highest BCUT2D eigenvalue weighted by molar-refractivity contribution is 5.77. The van der Waals surface area contributed by atoms with Crippen molar-refractivity contribution in [2.75, 3.05) is 26.2 Å². The molecule has 1 fully saturated rings. The number of ether oxygens (including phenoxy) is 2. The molecular weight excluding hydrogens is 376 g/mol. The van der Waals surface area contributed by atoms with Crippen molar-refractivity contribution >= 4 is 5.91 Å². The summed E-state index contributed by atoms with van der Waals surface area (Å²) in [6, 6.07) is 20.0. The van der Waals surface area contributed by atoms with Crippen LogP contribution in [0.2, 0.25) is 0 Å². The maximum atomic E-state index is 12.6. The second-order valence-corrected chi connectivity index (χ2v) is 8.76. The van der Waals surface area contributed by atoms with Crippen molar-refractivity contribution in [3.63, 3.8) is 0 Å². The zero-order valence-electron chi connectivity index (χ0n) is 18.5. The van der Waals surface area contributed by atoms with Crippen LogP contribution in [0.5, 0.6) is 0 Å². The van der Waals surface area contributed by atoms with E-state index in [0.29, 0.717) is 6.54 Å². The highest BCUT2D eigenvalue weighted by atomic mass is 16.5. The number of carbonyl (C=O) groups excluding carboxylic acids is 1. The number of amides is 1. The molecule has 2 atom stereocenters. The fourth-order valence-corrected chi connectivity index (χ4v) is 3.95. The third-order valence-electron chi connectivity index (χ3n) is 5.58. The number of benzene rings is 2. The van der Waals surface area contributed by atoms with Gasteiger partial charge in [0.05, 0.1) is 12.2 Å². The van der Waals surface area contributed by atoms with Crippen LogP contribution in [0.25, 0.3) is 0 Å². The minimum absolute atomic E-state index is 0.0143. The van der Waals surface area contributed by atoms with E-state index in [1.165, 1.54) is 0 Å². The lowest BCUT2D eigenvalue weighted by molar-refractivity contribution is -0.128. The van der Waals surface area contributed by atoms with Gasteiger partial charge in [-0.3, -0.25) is 9.69 Å². The zero-order chi connectivity index (χ0) is 21.6. The van der Waals surface area contributed by atoms with Crippen LogP contribution in [0, 0.1) is 0 Å². The zero-order valence-corrected chi connectivity index (χ0v) is 18.5. The first-order valence-electron chi connectivity index (χ1n) is 10.7. The lowest BCUT2D eigenvalue weighted by atomic mass is 10.00. The maximum Gasteiger partial charge on any atom is 0.246 e. The Hall–Kier alpha value is -2.21. The van der Waals surface area contributed by atoms with Crippen LogP contribution in [0.15, 0.2) is 60.7 Å². The summed E-state index contributed by atoms with van der Waals surface area (Å²) < 4.78 is 11.9. The van der Waals surface area contributed by atoms with E-state index in [-0.39, 0.29) is 36.4 Å². The molecule has 1 aliphatic heterocycles. The largest absolute Gasteiger partial charge is 0.373 e. The highest BCUT2D eigenvalue weighted by Gasteiger charge is 2.33.